The molecule has 56 valence electrons. The summed E-state index contributed by atoms with van der Waals surface area (Å²) in [5.74, 6) is 0. The fraction of sp³-hybridized carbons (Fsp3) is 0.300. The second-order valence-corrected chi connectivity index (χ2v) is 2.01. The summed E-state index contributed by atoms with van der Waals surface area (Å²) in [7, 11) is 0. The van der Waals surface area contributed by atoms with E-state index in [1.165, 1.54) is 6.42 Å². The Balaban J connectivity index is 0. The van der Waals surface area contributed by atoms with Gasteiger partial charge < -0.3 is 6.92 Å². The van der Waals surface area contributed by atoms with Crippen molar-refractivity contribution in [2.45, 2.75) is 19.8 Å². The molecule has 1 rings (SSSR count). The minimum atomic E-state index is 0. The van der Waals surface area contributed by atoms with Crippen molar-refractivity contribution >= 4 is 0 Å². The van der Waals surface area contributed by atoms with Crippen molar-refractivity contribution in [2.75, 3.05) is 0 Å². The van der Waals surface area contributed by atoms with Crippen LogP contribution < -0.4 is 18.9 Å². The topological polar surface area (TPSA) is 0 Å². The average molecular weight is 142 g/mol. The van der Waals surface area contributed by atoms with Crippen LogP contribution in [0.4, 0.5) is 0 Å². The van der Waals surface area contributed by atoms with Crippen LogP contribution in [0.15, 0.2) is 36.4 Å². The molecule has 0 spiro atoms. The molecule has 0 aliphatic heterocycles. The van der Waals surface area contributed by atoms with Gasteiger partial charge in [0.15, 0.2) is 0 Å². The molecule has 0 unspecified atom stereocenters. The molecule has 0 saturated heterocycles. The summed E-state index contributed by atoms with van der Waals surface area (Å²) in [4.78, 5) is 0. The van der Waals surface area contributed by atoms with Crippen molar-refractivity contribution in [3.05, 3.63) is 43.3 Å². The zero-order valence-electron chi connectivity index (χ0n) is 7.59. The molecule has 0 radical (unpaired) electrons. The smallest absolute Gasteiger partial charge is 0.343 e. The first-order chi connectivity index (χ1) is 4.91. The van der Waals surface area contributed by atoms with Crippen LogP contribution >= 0.6 is 0 Å². The Labute approximate surface area is 82.2 Å². The van der Waals surface area contributed by atoms with Crippen LogP contribution in [0.1, 0.15) is 19.8 Å². The molecule has 0 aromatic heterocycles. The molecule has 0 aliphatic rings. The molecule has 0 heterocycles. The second kappa shape index (κ2) is 12.5. The molecule has 1 aromatic carbocycles. The molecule has 0 N–H and O–H groups in total. The Morgan fingerprint density at radius 3 is 1.18 bits per heavy atom. The minimum Gasteiger partial charge on any atom is -0.343 e. The van der Waals surface area contributed by atoms with Crippen LogP contribution in [0.5, 0.6) is 0 Å². The Bertz CT molecular complexity index is 96.8. The molecule has 0 aliphatic carbocycles. The standard InChI is InChI=1S/C6H6.C4H9.Li/c1-2-4-6-5-3-1;1-3-4-2;/h1-6H;1,3-4H2,2H3;/q;-1;+1. The second-order valence-electron chi connectivity index (χ2n) is 2.01. The molecule has 1 heteroatoms. The Hall–Kier alpha value is -0.183. The van der Waals surface area contributed by atoms with E-state index in [1.54, 1.807) is 0 Å². The van der Waals surface area contributed by atoms with Gasteiger partial charge in [-0.2, -0.15) is 6.42 Å². The van der Waals surface area contributed by atoms with Crippen LogP contribution in [0.2, 0.25) is 0 Å². The largest absolute Gasteiger partial charge is 1.00 e. The van der Waals surface area contributed by atoms with Gasteiger partial charge in [0.25, 0.3) is 0 Å². The van der Waals surface area contributed by atoms with Gasteiger partial charge in [0.1, 0.15) is 0 Å². The minimum absolute atomic E-state index is 0. The number of hydrogen-bond donors (Lipinski definition) is 0. The zero-order chi connectivity index (χ0) is 7.66. The van der Waals surface area contributed by atoms with E-state index in [0.29, 0.717) is 0 Å². The molecular weight excluding hydrogens is 127 g/mol. The monoisotopic (exact) mass is 142 g/mol. The van der Waals surface area contributed by atoms with Crippen molar-refractivity contribution in [3.8, 4) is 0 Å². The summed E-state index contributed by atoms with van der Waals surface area (Å²) in [5, 5.41) is 0. The van der Waals surface area contributed by atoms with Gasteiger partial charge >= 0.3 is 18.9 Å². The van der Waals surface area contributed by atoms with E-state index in [1.807, 2.05) is 36.4 Å². The summed E-state index contributed by atoms with van der Waals surface area (Å²) in [6, 6.07) is 12.0. The first-order valence-electron chi connectivity index (χ1n) is 3.71. The summed E-state index contributed by atoms with van der Waals surface area (Å²) >= 11 is 0. The van der Waals surface area contributed by atoms with Gasteiger partial charge in [0.05, 0.1) is 0 Å². The van der Waals surface area contributed by atoms with Gasteiger partial charge in [-0.15, -0.1) is 0 Å². The van der Waals surface area contributed by atoms with Crippen molar-refractivity contribution in [3.63, 3.8) is 0 Å². The van der Waals surface area contributed by atoms with Crippen LogP contribution in [0, 0.1) is 6.92 Å². The predicted octanol–water partition coefficient (Wildman–Crippen LogP) is 0.311. The Morgan fingerprint density at radius 1 is 0.909 bits per heavy atom. The maximum atomic E-state index is 3.60. The van der Waals surface area contributed by atoms with Gasteiger partial charge in [-0.1, -0.05) is 49.7 Å². The van der Waals surface area contributed by atoms with E-state index >= 15 is 0 Å². The molecule has 0 bridgehead atoms. The third-order valence-electron chi connectivity index (χ3n) is 1.02. The third-order valence-corrected chi connectivity index (χ3v) is 1.02. The number of hydrogen-bond acceptors (Lipinski definition) is 0. The first kappa shape index (κ1) is 13.4. The summed E-state index contributed by atoms with van der Waals surface area (Å²) in [5.41, 5.74) is 0. The van der Waals surface area contributed by atoms with E-state index in [9.17, 15) is 0 Å². The average Bonchev–Trinajstić information content (AvgIpc) is 2.08. The number of benzene rings is 1. The van der Waals surface area contributed by atoms with E-state index in [0.717, 1.165) is 6.42 Å². The summed E-state index contributed by atoms with van der Waals surface area (Å²) in [6.07, 6.45) is 2.28. The molecule has 11 heavy (non-hydrogen) atoms. The first-order valence-corrected chi connectivity index (χ1v) is 3.71. The van der Waals surface area contributed by atoms with Crippen LogP contribution in [-0.2, 0) is 0 Å². The van der Waals surface area contributed by atoms with Gasteiger partial charge in [0, 0.05) is 0 Å². The van der Waals surface area contributed by atoms with Gasteiger partial charge in [-0.3, -0.25) is 0 Å². The molecule has 0 nitrogen and oxygen atoms in total. The van der Waals surface area contributed by atoms with Crippen LogP contribution in [0.3, 0.4) is 0 Å². The Kier molecular flexibility index (Phi) is 15.2. The van der Waals surface area contributed by atoms with E-state index in [4.69, 9.17) is 0 Å². The molecule has 0 atom stereocenters. The van der Waals surface area contributed by atoms with E-state index in [-0.39, 0.29) is 18.9 Å². The molecular formula is C10H15Li. The van der Waals surface area contributed by atoms with E-state index < -0.39 is 0 Å². The Morgan fingerprint density at radius 2 is 1.09 bits per heavy atom. The molecule has 1 aromatic rings. The molecule has 0 saturated carbocycles. The van der Waals surface area contributed by atoms with Gasteiger partial charge in [-0.25, -0.2) is 0 Å². The molecule has 0 amide bonds. The third kappa shape index (κ3) is 12.9. The van der Waals surface area contributed by atoms with Gasteiger partial charge in [0.2, 0.25) is 0 Å². The normalized spacial score (nSPS) is 7.09. The van der Waals surface area contributed by atoms with Gasteiger partial charge in [-0.05, 0) is 0 Å². The number of rotatable bonds is 1. The van der Waals surface area contributed by atoms with Crippen molar-refractivity contribution < 1.29 is 18.9 Å². The van der Waals surface area contributed by atoms with Crippen molar-refractivity contribution in [2.24, 2.45) is 0 Å². The fourth-order valence-electron chi connectivity index (χ4n) is 0.385. The fourth-order valence-corrected chi connectivity index (χ4v) is 0.385. The quantitative estimate of drug-likeness (QED) is 0.391. The van der Waals surface area contributed by atoms with Crippen LogP contribution in [-0.4, -0.2) is 0 Å². The summed E-state index contributed by atoms with van der Waals surface area (Å²) in [6.45, 7) is 5.72. The maximum absolute atomic E-state index is 3.60. The predicted molar refractivity (Wildman–Crippen MR) is 46.7 cm³/mol. The number of unbranched alkanes of at least 4 members (excludes halogenated alkanes) is 1. The molecule has 0 fully saturated rings. The summed E-state index contributed by atoms with van der Waals surface area (Å²) < 4.78 is 0. The zero-order valence-corrected chi connectivity index (χ0v) is 7.59. The maximum Gasteiger partial charge on any atom is 1.00 e. The van der Waals surface area contributed by atoms with Crippen molar-refractivity contribution in [1.82, 2.24) is 0 Å². The van der Waals surface area contributed by atoms with E-state index in [2.05, 4.69) is 13.8 Å². The van der Waals surface area contributed by atoms with Crippen molar-refractivity contribution in [1.29, 1.82) is 0 Å². The van der Waals surface area contributed by atoms with Crippen LogP contribution in [0.25, 0.3) is 0 Å². The SMILES string of the molecule is [CH2-]CCC.[Li+].c1ccccc1.